The van der Waals surface area contributed by atoms with Crippen molar-refractivity contribution < 1.29 is 17.4 Å². The summed E-state index contributed by atoms with van der Waals surface area (Å²) in [5.74, 6) is -0.684. The molecule has 1 heterocycles. The summed E-state index contributed by atoms with van der Waals surface area (Å²) in [6.07, 6.45) is 1.40. The van der Waals surface area contributed by atoms with E-state index in [-0.39, 0.29) is 18.8 Å². The largest absolute Gasteiger partial charge is 0.413 e. The Kier molecular flexibility index (Phi) is 4.62. The standard InChI is InChI=1S/C10H15N3O4S/c1-3-9(14)17-18(15,16)13(2)10-8(7-11)5-4-6-12-10/h4-6H,3,7,11H2,1-2H3. The lowest BCUT2D eigenvalue weighted by Crippen LogP contribution is -2.32. The summed E-state index contributed by atoms with van der Waals surface area (Å²) in [5, 5.41) is 0. The molecule has 8 heteroatoms. The van der Waals surface area contributed by atoms with E-state index < -0.39 is 16.3 Å². The Hall–Kier alpha value is -1.67. The number of hydrogen-bond acceptors (Lipinski definition) is 6. The van der Waals surface area contributed by atoms with Gasteiger partial charge in [-0.25, -0.2) is 9.29 Å². The van der Waals surface area contributed by atoms with E-state index in [0.717, 1.165) is 4.31 Å². The Bertz CT molecular complexity index is 530. The zero-order valence-corrected chi connectivity index (χ0v) is 11.0. The normalized spacial score (nSPS) is 11.1. The number of pyridine rings is 1. The van der Waals surface area contributed by atoms with Crippen molar-refractivity contribution in [3.05, 3.63) is 23.9 Å². The number of aromatic nitrogens is 1. The molecule has 0 radical (unpaired) electrons. The van der Waals surface area contributed by atoms with Gasteiger partial charge in [0.2, 0.25) is 0 Å². The second kappa shape index (κ2) is 5.78. The molecule has 0 aliphatic rings. The van der Waals surface area contributed by atoms with Crippen LogP contribution in [0.4, 0.5) is 5.82 Å². The van der Waals surface area contributed by atoms with Crippen molar-refractivity contribution in [1.82, 2.24) is 4.98 Å². The minimum absolute atomic E-state index is 0.0287. The van der Waals surface area contributed by atoms with Crippen molar-refractivity contribution in [2.24, 2.45) is 5.73 Å². The molecule has 0 fully saturated rings. The number of anilines is 1. The Morgan fingerprint density at radius 3 is 2.78 bits per heavy atom. The molecule has 2 N–H and O–H groups in total. The van der Waals surface area contributed by atoms with Gasteiger partial charge >= 0.3 is 16.3 Å². The maximum absolute atomic E-state index is 11.8. The first kappa shape index (κ1) is 14.4. The summed E-state index contributed by atoms with van der Waals surface area (Å²) in [5.41, 5.74) is 6.03. The number of carbonyl (C=O) groups excluding carboxylic acids is 1. The van der Waals surface area contributed by atoms with Crippen molar-refractivity contribution in [1.29, 1.82) is 0 Å². The van der Waals surface area contributed by atoms with E-state index in [1.807, 2.05) is 0 Å². The average Bonchev–Trinajstić information content (AvgIpc) is 2.37. The van der Waals surface area contributed by atoms with E-state index in [0.29, 0.717) is 5.56 Å². The Morgan fingerprint density at radius 2 is 2.22 bits per heavy atom. The molecular weight excluding hydrogens is 258 g/mol. The van der Waals surface area contributed by atoms with Gasteiger partial charge in [-0.15, -0.1) is 0 Å². The van der Waals surface area contributed by atoms with Gasteiger partial charge in [-0.3, -0.25) is 4.79 Å². The predicted molar refractivity (Wildman–Crippen MR) is 65.8 cm³/mol. The van der Waals surface area contributed by atoms with Gasteiger partial charge < -0.3 is 9.92 Å². The summed E-state index contributed by atoms with van der Waals surface area (Å²) in [4.78, 5) is 15.0. The summed E-state index contributed by atoms with van der Waals surface area (Å²) < 4.78 is 28.7. The van der Waals surface area contributed by atoms with Crippen molar-refractivity contribution in [2.45, 2.75) is 19.9 Å². The fourth-order valence-electron chi connectivity index (χ4n) is 1.21. The third kappa shape index (κ3) is 3.17. The smallest absolute Gasteiger partial charge is 0.330 e. The minimum atomic E-state index is -4.19. The molecule has 0 amide bonds. The van der Waals surface area contributed by atoms with Crippen molar-refractivity contribution in [3.8, 4) is 0 Å². The highest BCUT2D eigenvalue weighted by atomic mass is 32.2. The van der Waals surface area contributed by atoms with Crippen LogP contribution in [0.15, 0.2) is 18.3 Å². The average molecular weight is 273 g/mol. The van der Waals surface area contributed by atoms with E-state index in [1.165, 1.54) is 20.2 Å². The van der Waals surface area contributed by atoms with Gasteiger partial charge in [0.25, 0.3) is 0 Å². The highest BCUT2D eigenvalue weighted by Gasteiger charge is 2.25. The van der Waals surface area contributed by atoms with Gasteiger partial charge in [-0.2, -0.15) is 8.42 Å². The Morgan fingerprint density at radius 1 is 1.56 bits per heavy atom. The van der Waals surface area contributed by atoms with Crippen molar-refractivity contribution in [3.63, 3.8) is 0 Å². The molecule has 0 aliphatic carbocycles. The SMILES string of the molecule is CCC(=O)OS(=O)(=O)N(C)c1ncccc1CN. The molecule has 0 aromatic carbocycles. The predicted octanol–water partition coefficient (Wildman–Crippen LogP) is 0.174. The highest BCUT2D eigenvalue weighted by Crippen LogP contribution is 2.19. The molecule has 1 rings (SSSR count). The van der Waals surface area contributed by atoms with E-state index in [4.69, 9.17) is 5.73 Å². The van der Waals surface area contributed by atoms with Crippen LogP contribution in [-0.2, 0) is 25.8 Å². The number of carbonyl (C=O) groups is 1. The second-order valence-electron chi connectivity index (χ2n) is 3.42. The quantitative estimate of drug-likeness (QED) is 0.820. The first-order chi connectivity index (χ1) is 8.42. The van der Waals surface area contributed by atoms with Gasteiger partial charge in [0.05, 0.1) is 0 Å². The Balaban J connectivity index is 3.06. The number of nitrogens with zero attached hydrogens (tertiary/aromatic N) is 2. The monoisotopic (exact) mass is 273 g/mol. The molecule has 0 aliphatic heterocycles. The number of rotatable bonds is 5. The Labute approximate surface area is 106 Å². The van der Waals surface area contributed by atoms with Crippen LogP contribution in [0, 0.1) is 0 Å². The van der Waals surface area contributed by atoms with Gasteiger partial charge in [-0.05, 0) is 6.07 Å². The van der Waals surface area contributed by atoms with E-state index in [1.54, 1.807) is 12.1 Å². The lowest BCUT2D eigenvalue weighted by atomic mass is 10.2. The zero-order valence-electron chi connectivity index (χ0n) is 10.2. The van der Waals surface area contributed by atoms with Gasteiger partial charge in [0, 0.05) is 31.8 Å². The first-order valence-electron chi connectivity index (χ1n) is 5.27. The molecule has 0 atom stereocenters. The fraction of sp³-hybridized carbons (Fsp3) is 0.400. The molecule has 0 unspecified atom stereocenters. The third-order valence-electron chi connectivity index (χ3n) is 2.21. The van der Waals surface area contributed by atoms with Gasteiger partial charge in [0.1, 0.15) is 5.82 Å². The first-order valence-corrected chi connectivity index (χ1v) is 6.64. The molecule has 0 saturated carbocycles. The molecule has 18 heavy (non-hydrogen) atoms. The lowest BCUT2D eigenvalue weighted by Gasteiger charge is -2.19. The van der Waals surface area contributed by atoms with Crippen molar-refractivity contribution >= 4 is 22.1 Å². The molecule has 1 aromatic heterocycles. The van der Waals surface area contributed by atoms with Crippen LogP contribution in [-0.4, -0.2) is 26.4 Å². The van der Waals surface area contributed by atoms with Gasteiger partial charge in [0.15, 0.2) is 0 Å². The van der Waals surface area contributed by atoms with Crippen LogP contribution in [0.2, 0.25) is 0 Å². The van der Waals surface area contributed by atoms with Crippen molar-refractivity contribution in [2.75, 3.05) is 11.4 Å². The van der Waals surface area contributed by atoms with E-state index in [2.05, 4.69) is 9.17 Å². The van der Waals surface area contributed by atoms with Crippen LogP contribution in [0.25, 0.3) is 0 Å². The maximum atomic E-state index is 11.8. The van der Waals surface area contributed by atoms with E-state index >= 15 is 0 Å². The summed E-state index contributed by atoms with van der Waals surface area (Å²) in [6, 6.07) is 3.29. The minimum Gasteiger partial charge on any atom is -0.330 e. The maximum Gasteiger partial charge on any atom is 0.413 e. The molecule has 100 valence electrons. The van der Waals surface area contributed by atoms with Crippen LogP contribution in [0.5, 0.6) is 0 Å². The van der Waals surface area contributed by atoms with Crippen LogP contribution in [0.3, 0.4) is 0 Å². The highest BCUT2D eigenvalue weighted by molar-refractivity contribution is 7.88. The summed E-state index contributed by atoms with van der Waals surface area (Å²) in [6.45, 7) is 1.63. The van der Waals surface area contributed by atoms with Crippen LogP contribution in [0.1, 0.15) is 18.9 Å². The van der Waals surface area contributed by atoms with Gasteiger partial charge in [-0.1, -0.05) is 13.0 Å². The summed E-state index contributed by atoms with van der Waals surface area (Å²) in [7, 11) is -2.94. The molecule has 1 aromatic rings. The molecule has 7 nitrogen and oxygen atoms in total. The molecular formula is C10H15N3O4S. The zero-order chi connectivity index (χ0) is 13.8. The van der Waals surface area contributed by atoms with Crippen LogP contribution < -0.4 is 10.0 Å². The lowest BCUT2D eigenvalue weighted by molar-refractivity contribution is -0.133. The van der Waals surface area contributed by atoms with E-state index in [9.17, 15) is 13.2 Å². The fourth-order valence-corrected chi connectivity index (χ4v) is 2.05. The molecule has 0 bridgehead atoms. The third-order valence-corrected chi connectivity index (χ3v) is 3.45. The number of hydrogen-bond donors (Lipinski definition) is 1. The number of nitrogens with two attached hydrogens (primary N) is 1. The molecule has 0 saturated heterocycles. The van der Waals surface area contributed by atoms with Crippen LogP contribution >= 0.6 is 0 Å². The second-order valence-corrected chi connectivity index (χ2v) is 4.99. The topological polar surface area (TPSA) is 103 Å². The molecule has 0 spiro atoms. The summed E-state index contributed by atoms with van der Waals surface area (Å²) >= 11 is 0.